The Balaban J connectivity index is 1.82. The number of rotatable bonds is 2. The van der Waals surface area contributed by atoms with Crippen molar-refractivity contribution in [3.63, 3.8) is 0 Å². The molecule has 3 N–H and O–H groups in total. The molecule has 1 amide bonds. The maximum Gasteiger partial charge on any atom is 0.249 e. The molecule has 0 atom stereocenters. The molecule has 2 aliphatic rings. The molecule has 0 aromatic heterocycles. The summed E-state index contributed by atoms with van der Waals surface area (Å²) in [5.41, 5.74) is 8.55. The average molecular weight is 245 g/mol. The van der Waals surface area contributed by atoms with Crippen LogP contribution in [0.15, 0.2) is 18.2 Å². The number of carbonyl (C=O) groups is 1. The summed E-state index contributed by atoms with van der Waals surface area (Å²) in [6, 6.07) is 6.53. The van der Waals surface area contributed by atoms with Crippen molar-refractivity contribution in [2.45, 2.75) is 32.0 Å². The molecule has 0 saturated carbocycles. The minimum Gasteiger partial charge on any atom is -0.366 e. The Morgan fingerprint density at radius 3 is 2.78 bits per heavy atom. The van der Waals surface area contributed by atoms with Gasteiger partial charge in [0.25, 0.3) is 0 Å². The van der Waals surface area contributed by atoms with E-state index in [4.69, 9.17) is 5.73 Å². The molecule has 2 heterocycles. The Kier molecular flexibility index (Phi) is 3.06. The monoisotopic (exact) mass is 245 g/mol. The molecule has 18 heavy (non-hydrogen) atoms. The first-order valence-electron chi connectivity index (χ1n) is 6.61. The zero-order valence-electron chi connectivity index (χ0n) is 10.5. The summed E-state index contributed by atoms with van der Waals surface area (Å²) in [4.78, 5) is 13.9. The van der Waals surface area contributed by atoms with E-state index in [0.29, 0.717) is 11.6 Å². The van der Waals surface area contributed by atoms with E-state index in [1.807, 2.05) is 12.1 Å². The quantitative estimate of drug-likeness (QED) is 0.812. The van der Waals surface area contributed by atoms with Crippen LogP contribution in [-0.2, 0) is 13.1 Å². The highest BCUT2D eigenvalue weighted by Gasteiger charge is 2.28. The second-order valence-corrected chi connectivity index (χ2v) is 5.19. The van der Waals surface area contributed by atoms with Crippen molar-refractivity contribution in [1.29, 1.82) is 0 Å². The fourth-order valence-corrected chi connectivity index (χ4v) is 3.11. The molecule has 3 rings (SSSR count). The van der Waals surface area contributed by atoms with Gasteiger partial charge in [-0.1, -0.05) is 12.1 Å². The Labute approximate surface area is 107 Å². The van der Waals surface area contributed by atoms with Crippen molar-refractivity contribution in [3.8, 4) is 0 Å². The minimum absolute atomic E-state index is 0.306. The smallest absolute Gasteiger partial charge is 0.249 e. The van der Waals surface area contributed by atoms with Crippen LogP contribution in [0, 0.1) is 0 Å². The number of carbonyl (C=O) groups excluding carboxylic acids is 1. The minimum atomic E-state index is -0.306. The van der Waals surface area contributed by atoms with E-state index in [2.05, 4.69) is 16.3 Å². The SMILES string of the molecule is NC(=O)c1cccc2c1CN(C1CCNCC1)C2. The summed E-state index contributed by atoms with van der Waals surface area (Å²) in [5, 5.41) is 3.39. The molecule has 0 spiro atoms. The van der Waals surface area contributed by atoms with E-state index in [9.17, 15) is 4.79 Å². The lowest BCUT2D eigenvalue weighted by Gasteiger charge is -2.31. The number of nitrogens with one attached hydrogen (secondary N) is 1. The zero-order valence-corrected chi connectivity index (χ0v) is 10.5. The topological polar surface area (TPSA) is 58.4 Å². The third-order valence-corrected chi connectivity index (χ3v) is 4.10. The lowest BCUT2D eigenvalue weighted by Crippen LogP contribution is -2.40. The first-order chi connectivity index (χ1) is 8.75. The van der Waals surface area contributed by atoms with Gasteiger partial charge in [-0.2, -0.15) is 0 Å². The highest BCUT2D eigenvalue weighted by atomic mass is 16.1. The molecule has 0 radical (unpaired) electrons. The molecule has 96 valence electrons. The van der Waals surface area contributed by atoms with Crippen molar-refractivity contribution in [2.24, 2.45) is 5.73 Å². The van der Waals surface area contributed by atoms with Crippen LogP contribution < -0.4 is 11.1 Å². The molecule has 0 unspecified atom stereocenters. The van der Waals surface area contributed by atoms with Crippen LogP contribution in [0.5, 0.6) is 0 Å². The third kappa shape index (κ3) is 2.02. The summed E-state index contributed by atoms with van der Waals surface area (Å²) >= 11 is 0. The van der Waals surface area contributed by atoms with E-state index < -0.39 is 0 Å². The molecule has 0 aliphatic carbocycles. The van der Waals surface area contributed by atoms with Gasteiger partial charge in [0.2, 0.25) is 5.91 Å². The molecular weight excluding hydrogens is 226 g/mol. The number of nitrogens with two attached hydrogens (primary N) is 1. The largest absolute Gasteiger partial charge is 0.366 e. The van der Waals surface area contributed by atoms with Crippen LogP contribution in [0.1, 0.15) is 34.3 Å². The highest BCUT2D eigenvalue weighted by molar-refractivity contribution is 5.94. The molecule has 1 fully saturated rings. The number of nitrogens with zero attached hydrogens (tertiary/aromatic N) is 1. The van der Waals surface area contributed by atoms with E-state index in [0.717, 1.165) is 31.7 Å². The Bertz CT molecular complexity index is 466. The van der Waals surface area contributed by atoms with Gasteiger partial charge in [0.05, 0.1) is 0 Å². The first-order valence-corrected chi connectivity index (χ1v) is 6.61. The van der Waals surface area contributed by atoms with Gasteiger partial charge >= 0.3 is 0 Å². The lowest BCUT2D eigenvalue weighted by molar-refractivity contribution is 0.0998. The van der Waals surface area contributed by atoms with Crippen molar-refractivity contribution in [3.05, 3.63) is 34.9 Å². The average Bonchev–Trinajstić information content (AvgIpc) is 2.83. The fraction of sp³-hybridized carbons (Fsp3) is 0.500. The Morgan fingerprint density at radius 2 is 2.06 bits per heavy atom. The standard InChI is InChI=1S/C14H19N3O/c15-14(18)12-3-1-2-10-8-17(9-13(10)12)11-4-6-16-7-5-11/h1-3,11,16H,4-9H2,(H2,15,18). The Hall–Kier alpha value is -1.39. The van der Waals surface area contributed by atoms with Crippen molar-refractivity contribution >= 4 is 5.91 Å². The second kappa shape index (κ2) is 4.71. The van der Waals surface area contributed by atoms with Gasteiger partial charge in [0.1, 0.15) is 0 Å². The van der Waals surface area contributed by atoms with Crippen LogP contribution in [0.3, 0.4) is 0 Å². The van der Waals surface area contributed by atoms with Gasteiger partial charge in [-0.15, -0.1) is 0 Å². The molecule has 1 aromatic carbocycles. The van der Waals surface area contributed by atoms with Gasteiger partial charge in [-0.3, -0.25) is 9.69 Å². The Morgan fingerprint density at radius 1 is 1.28 bits per heavy atom. The molecule has 4 nitrogen and oxygen atoms in total. The van der Waals surface area contributed by atoms with Crippen molar-refractivity contribution in [2.75, 3.05) is 13.1 Å². The summed E-state index contributed by atoms with van der Waals surface area (Å²) in [6.07, 6.45) is 2.39. The third-order valence-electron chi connectivity index (χ3n) is 4.10. The van der Waals surface area contributed by atoms with Crippen LogP contribution in [-0.4, -0.2) is 29.9 Å². The van der Waals surface area contributed by atoms with Crippen molar-refractivity contribution in [1.82, 2.24) is 10.2 Å². The second-order valence-electron chi connectivity index (χ2n) is 5.19. The molecule has 2 aliphatic heterocycles. The number of primary amides is 1. The predicted octanol–water partition coefficient (Wildman–Crippen LogP) is 0.853. The summed E-state index contributed by atoms with van der Waals surface area (Å²) in [5.74, 6) is -0.306. The number of piperidine rings is 1. The number of fused-ring (bicyclic) bond motifs is 1. The highest BCUT2D eigenvalue weighted by Crippen LogP contribution is 2.29. The number of amides is 1. The van der Waals surface area contributed by atoms with Gasteiger partial charge in [-0.25, -0.2) is 0 Å². The van der Waals surface area contributed by atoms with E-state index >= 15 is 0 Å². The van der Waals surface area contributed by atoms with Crippen LogP contribution in [0.4, 0.5) is 0 Å². The van der Waals surface area contributed by atoms with Crippen LogP contribution in [0.25, 0.3) is 0 Å². The van der Waals surface area contributed by atoms with E-state index in [1.54, 1.807) is 0 Å². The van der Waals surface area contributed by atoms with Crippen LogP contribution in [0.2, 0.25) is 0 Å². The number of benzene rings is 1. The predicted molar refractivity (Wildman–Crippen MR) is 70.1 cm³/mol. The molecule has 0 bridgehead atoms. The normalized spacial score (nSPS) is 20.9. The molecule has 4 heteroatoms. The lowest BCUT2D eigenvalue weighted by atomic mass is 10.0. The first kappa shape index (κ1) is 11.7. The summed E-state index contributed by atoms with van der Waals surface area (Å²) in [7, 11) is 0. The van der Waals surface area contributed by atoms with Gasteiger partial charge in [0, 0.05) is 24.7 Å². The van der Waals surface area contributed by atoms with Gasteiger partial charge in [0.15, 0.2) is 0 Å². The maximum absolute atomic E-state index is 11.4. The van der Waals surface area contributed by atoms with E-state index in [1.165, 1.54) is 18.4 Å². The van der Waals surface area contributed by atoms with E-state index in [-0.39, 0.29) is 5.91 Å². The summed E-state index contributed by atoms with van der Waals surface area (Å²) < 4.78 is 0. The maximum atomic E-state index is 11.4. The molecular formula is C14H19N3O. The fourth-order valence-electron chi connectivity index (χ4n) is 3.11. The molecule has 1 saturated heterocycles. The molecule has 1 aromatic rings. The van der Waals surface area contributed by atoms with Gasteiger partial charge < -0.3 is 11.1 Å². The van der Waals surface area contributed by atoms with Crippen LogP contribution >= 0.6 is 0 Å². The number of hydrogen-bond donors (Lipinski definition) is 2. The zero-order chi connectivity index (χ0) is 12.5. The van der Waals surface area contributed by atoms with Gasteiger partial charge in [-0.05, 0) is 43.1 Å². The number of hydrogen-bond acceptors (Lipinski definition) is 3. The summed E-state index contributed by atoms with van der Waals surface area (Å²) in [6.45, 7) is 4.03. The van der Waals surface area contributed by atoms with Crippen molar-refractivity contribution < 1.29 is 4.79 Å².